The summed E-state index contributed by atoms with van der Waals surface area (Å²) in [5.74, 6) is -1.01. The zero-order chi connectivity index (χ0) is 20.5. The van der Waals surface area contributed by atoms with Crippen molar-refractivity contribution in [1.29, 1.82) is 0 Å². The first-order valence-corrected chi connectivity index (χ1v) is 9.09. The molecule has 1 atom stereocenters. The van der Waals surface area contributed by atoms with Crippen LogP contribution in [0, 0.1) is 0 Å². The number of H-pyrrole nitrogens is 1. The van der Waals surface area contributed by atoms with Crippen LogP contribution in [-0.2, 0) is 4.74 Å². The summed E-state index contributed by atoms with van der Waals surface area (Å²) < 4.78 is 5.48. The summed E-state index contributed by atoms with van der Waals surface area (Å²) >= 11 is 0. The molecule has 1 amide bonds. The van der Waals surface area contributed by atoms with E-state index in [-0.39, 0.29) is 17.5 Å². The number of aromatic amines is 1. The third-order valence-corrected chi connectivity index (χ3v) is 4.34. The summed E-state index contributed by atoms with van der Waals surface area (Å²) in [5, 5.41) is 3.53. The predicted molar refractivity (Wildman–Crippen MR) is 106 cm³/mol. The molecule has 0 aliphatic carbocycles. The van der Waals surface area contributed by atoms with E-state index in [1.807, 2.05) is 25.3 Å². The van der Waals surface area contributed by atoms with Crippen LogP contribution in [0.3, 0.4) is 0 Å². The number of aromatic nitrogens is 3. The highest BCUT2D eigenvalue weighted by molar-refractivity contribution is 5.96. The Morgan fingerprint density at radius 1 is 1.21 bits per heavy atom. The van der Waals surface area contributed by atoms with E-state index in [0.29, 0.717) is 11.3 Å². The van der Waals surface area contributed by atoms with Gasteiger partial charge in [-0.1, -0.05) is 6.92 Å². The molecular formula is C21H24N4O3. The largest absolute Gasteiger partial charge is 0.456 e. The Balaban J connectivity index is 2.09. The van der Waals surface area contributed by atoms with Crippen LogP contribution in [0.2, 0.25) is 0 Å². The van der Waals surface area contributed by atoms with Crippen molar-refractivity contribution < 1.29 is 14.3 Å². The number of rotatable bonds is 4. The first-order chi connectivity index (χ1) is 13.2. The van der Waals surface area contributed by atoms with Gasteiger partial charge in [0, 0.05) is 36.4 Å². The summed E-state index contributed by atoms with van der Waals surface area (Å²) in [7, 11) is 1.53. The lowest BCUT2D eigenvalue weighted by atomic mass is 9.94. The van der Waals surface area contributed by atoms with Gasteiger partial charge in [0.1, 0.15) is 16.9 Å². The van der Waals surface area contributed by atoms with Crippen LogP contribution in [0.1, 0.15) is 65.7 Å². The lowest BCUT2D eigenvalue weighted by Gasteiger charge is -2.20. The van der Waals surface area contributed by atoms with Gasteiger partial charge in [0.05, 0.1) is 5.56 Å². The SMILES string of the molecule is CNC(=O)c1cc(C(=O)OC(C)(C)C)cc(C(C)c2ccnc3[nH]ccc23)n1. The highest BCUT2D eigenvalue weighted by Crippen LogP contribution is 2.29. The van der Waals surface area contributed by atoms with E-state index in [1.165, 1.54) is 13.1 Å². The lowest BCUT2D eigenvalue weighted by Crippen LogP contribution is -2.25. The second kappa shape index (κ2) is 7.42. The van der Waals surface area contributed by atoms with Crippen LogP contribution in [0.5, 0.6) is 0 Å². The Kier molecular flexibility index (Phi) is 5.18. The molecule has 3 rings (SSSR count). The van der Waals surface area contributed by atoms with Crippen molar-refractivity contribution in [3.8, 4) is 0 Å². The molecule has 28 heavy (non-hydrogen) atoms. The van der Waals surface area contributed by atoms with Crippen molar-refractivity contribution in [1.82, 2.24) is 20.3 Å². The first-order valence-electron chi connectivity index (χ1n) is 9.09. The number of carbonyl (C=O) groups is 2. The minimum Gasteiger partial charge on any atom is -0.456 e. The number of hydrogen-bond donors (Lipinski definition) is 2. The van der Waals surface area contributed by atoms with Crippen LogP contribution < -0.4 is 5.32 Å². The zero-order valence-corrected chi connectivity index (χ0v) is 16.7. The van der Waals surface area contributed by atoms with Gasteiger partial charge in [-0.15, -0.1) is 0 Å². The Morgan fingerprint density at radius 3 is 2.64 bits per heavy atom. The van der Waals surface area contributed by atoms with E-state index in [9.17, 15) is 9.59 Å². The average molecular weight is 380 g/mol. The number of nitrogens with zero attached hydrogens (tertiary/aromatic N) is 2. The van der Waals surface area contributed by atoms with E-state index in [2.05, 4.69) is 20.3 Å². The number of fused-ring (bicyclic) bond motifs is 1. The van der Waals surface area contributed by atoms with Crippen LogP contribution in [0.15, 0.2) is 36.7 Å². The van der Waals surface area contributed by atoms with Gasteiger partial charge >= 0.3 is 5.97 Å². The second-order valence-corrected chi connectivity index (χ2v) is 7.61. The van der Waals surface area contributed by atoms with Crippen molar-refractivity contribution in [3.05, 3.63) is 59.2 Å². The maximum atomic E-state index is 12.6. The average Bonchev–Trinajstić information content (AvgIpc) is 3.13. The molecule has 3 aromatic rings. The fourth-order valence-electron chi connectivity index (χ4n) is 2.99. The van der Waals surface area contributed by atoms with Crippen molar-refractivity contribution >= 4 is 22.9 Å². The Morgan fingerprint density at radius 2 is 1.96 bits per heavy atom. The van der Waals surface area contributed by atoms with Crippen LogP contribution >= 0.6 is 0 Å². The van der Waals surface area contributed by atoms with Crippen LogP contribution in [0.4, 0.5) is 0 Å². The number of ether oxygens (including phenoxy) is 1. The van der Waals surface area contributed by atoms with Gasteiger partial charge in [-0.3, -0.25) is 4.79 Å². The molecule has 0 saturated carbocycles. The van der Waals surface area contributed by atoms with Crippen molar-refractivity contribution in [2.75, 3.05) is 7.05 Å². The van der Waals surface area contributed by atoms with Gasteiger partial charge in [-0.2, -0.15) is 0 Å². The van der Waals surface area contributed by atoms with E-state index in [4.69, 9.17) is 4.74 Å². The maximum Gasteiger partial charge on any atom is 0.338 e. The Hall–Kier alpha value is -3.22. The number of esters is 1. The predicted octanol–water partition coefficient (Wildman–Crippen LogP) is 3.42. The van der Waals surface area contributed by atoms with Crippen molar-refractivity contribution in [2.45, 2.75) is 39.2 Å². The molecule has 3 heterocycles. The molecule has 0 bridgehead atoms. The third kappa shape index (κ3) is 4.03. The van der Waals surface area contributed by atoms with Gasteiger partial charge in [0.2, 0.25) is 0 Å². The monoisotopic (exact) mass is 380 g/mol. The molecule has 0 radical (unpaired) electrons. The number of nitrogens with one attached hydrogen (secondary N) is 2. The van der Waals surface area contributed by atoms with E-state index >= 15 is 0 Å². The highest BCUT2D eigenvalue weighted by atomic mass is 16.6. The van der Waals surface area contributed by atoms with Crippen LogP contribution in [-0.4, -0.2) is 39.5 Å². The first kappa shape index (κ1) is 19.5. The molecule has 0 aromatic carbocycles. The molecule has 0 fully saturated rings. The van der Waals surface area contributed by atoms with Gasteiger partial charge in [0.25, 0.3) is 5.91 Å². The van der Waals surface area contributed by atoms with Gasteiger partial charge in [-0.05, 0) is 50.6 Å². The summed E-state index contributed by atoms with van der Waals surface area (Å²) in [6, 6.07) is 7.01. The summed E-state index contributed by atoms with van der Waals surface area (Å²) in [6.07, 6.45) is 3.55. The summed E-state index contributed by atoms with van der Waals surface area (Å²) in [5.41, 5.74) is 2.22. The molecule has 1 unspecified atom stereocenters. The topological polar surface area (TPSA) is 97.0 Å². The molecule has 3 aromatic heterocycles. The molecule has 146 valence electrons. The fourth-order valence-corrected chi connectivity index (χ4v) is 2.99. The van der Waals surface area contributed by atoms with E-state index < -0.39 is 11.6 Å². The number of amides is 1. The number of pyridine rings is 2. The molecule has 0 aliphatic heterocycles. The minimum atomic E-state index is -0.637. The summed E-state index contributed by atoms with van der Waals surface area (Å²) in [4.78, 5) is 36.7. The minimum absolute atomic E-state index is 0.160. The summed E-state index contributed by atoms with van der Waals surface area (Å²) in [6.45, 7) is 7.38. The Bertz CT molecular complexity index is 1030. The zero-order valence-electron chi connectivity index (χ0n) is 16.7. The third-order valence-electron chi connectivity index (χ3n) is 4.34. The van der Waals surface area contributed by atoms with Gasteiger partial charge < -0.3 is 15.0 Å². The van der Waals surface area contributed by atoms with E-state index in [1.54, 1.807) is 33.0 Å². The molecule has 0 spiro atoms. The van der Waals surface area contributed by atoms with Gasteiger partial charge in [-0.25, -0.2) is 14.8 Å². The fraction of sp³-hybridized carbons (Fsp3) is 0.333. The standard InChI is InChI=1S/C21H24N4O3/c1-12(14-6-8-23-18-15(14)7-9-24-18)16-10-13(20(27)28-21(2,3)4)11-17(25-16)19(26)22-5/h6-12H,1-5H3,(H,22,26)(H,23,24). The van der Waals surface area contributed by atoms with Crippen molar-refractivity contribution in [3.63, 3.8) is 0 Å². The smallest absolute Gasteiger partial charge is 0.338 e. The van der Waals surface area contributed by atoms with Crippen LogP contribution in [0.25, 0.3) is 11.0 Å². The molecule has 0 aliphatic rings. The second-order valence-electron chi connectivity index (χ2n) is 7.61. The van der Waals surface area contributed by atoms with Gasteiger partial charge in [0.15, 0.2) is 0 Å². The molecule has 0 saturated heterocycles. The highest BCUT2D eigenvalue weighted by Gasteiger charge is 2.23. The lowest BCUT2D eigenvalue weighted by molar-refractivity contribution is 0.00692. The molecule has 7 heteroatoms. The van der Waals surface area contributed by atoms with E-state index in [0.717, 1.165) is 16.6 Å². The molecule has 2 N–H and O–H groups in total. The number of hydrogen-bond acceptors (Lipinski definition) is 5. The Labute approximate surface area is 163 Å². The molecular weight excluding hydrogens is 356 g/mol. The number of carbonyl (C=O) groups excluding carboxylic acids is 2. The normalized spacial score (nSPS) is 12.6. The molecule has 7 nitrogen and oxygen atoms in total. The quantitative estimate of drug-likeness (QED) is 0.676. The maximum absolute atomic E-state index is 12.6. The van der Waals surface area contributed by atoms with Crippen molar-refractivity contribution in [2.24, 2.45) is 0 Å².